The Morgan fingerprint density at radius 1 is 1.13 bits per heavy atom. The van der Waals surface area contributed by atoms with Crippen LogP contribution in [-0.2, 0) is 9.59 Å². The smallest absolute Gasteiger partial charge is 0.237 e. The highest BCUT2D eigenvalue weighted by Gasteiger charge is 2.32. The molecule has 2 aliphatic heterocycles. The maximum Gasteiger partial charge on any atom is 0.237 e. The summed E-state index contributed by atoms with van der Waals surface area (Å²) in [5.41, 5.74) is 0. The van der Waals surface area contributed by atoms with Crippen molar-refractivity contribution in [3.8, 4) is 0 Å². The molecular weight excluding hydrogens is 290 g/mol. The minimum atomic E-state index is -0.277. The summed E-state index contributed by atoms with van der Waals surface area (Å²) in [4.78, 5) is 29.1. The zero-order valence-electron chi connectivity index (χ0n) is 14.9. The van der Waals surface area contributed by atoms with Gasteiger partial charge in [0.2, 0.25) is 11.8 Å². The number of likely N-dealkylation sites (tertiary alicyclic amines) is 1. The van der Waals surface area contributed by atoms with Gasteiger partial charge in [-0.25, -0.2) is 0 Å². The molecule has 0 aromatic carbocycles. The largest absolute Gasteiger partial charge is 0.353 e. The molecule has 5 nitrogen and oxygen atoms in total. The molecule has 2 amide bonds. The first kappa shape index (κ1) is 18.2. The summed E-state index contributed by atoms with van der Waals surface area (Å²) in [5.74, 6) is 0.801. The summed E-state index contributed by atoms with van der Waals surface area (Å²) >= 11 is 0. The summed E-state index contributed by atoms with van der Waals surface area (Å²) < 4.78 is 0. The molecule has 2 fully saturated rings. The SMILES string of the molecule is CC(C)CCN1CCNC(=O)C1CC(=O)N1CCCCCCC1. The van der Waals surface area contributed by atoms with Crippen LogP contribution in [0.15, 0.2) is 0 Å². The molecule has 1 N–H and O–H groups in total. The fraction of sp³-hybridized carbons (Fsp3) is 0.889. The lowest BCUT2D eigenvalue weighted by atomic mass is 10.0. The predicted octanol–water partition coefficient (Wildman–Crippen LogP) is 2.02. The first-order valence-corrected chi connectivity index (χ1v) is 9.37. The minimum Gasteiger partial charge on any atom is -0.353 e. The first-order valence-electron chi connectivity index (χ1n) is 9.37. The lowest BCUT2D eigenvalue weighted by molar-refractivity contribution is -0.139. The molecule has 2 aliphatic rings. The van der Waals surface area contributed by atoms with E-state index in [-0.39, 0.29) is 17.9 Å². The summed E-state index contributed by atoms with van der Waals surface area (Å²) in [6.45, 7) is 8.58. The Labute approximate surface area is 140 Å². The number of nitrogens with zero attached hydrogens (tertiary/aromatic N) is 2. The Bertz CT molecular complexity index is 390. The van der Waals surface area contributed by atoms with Gasteiger partial charge >= 0.3 is 0 Å². The monoisotopic (exact) mass is 323 g/mol. The molecule has 0 aliphatic carbocycles. The van der Waals surface area contributed by atoms with Gasteiger partial charge in [-0.05, 0) is 31.7 Å². The molecule has 0 spiro atoms. The zero-order chi connectivity index (χ0) is 16.7. The Kier molecular flexibility index (Phi) is 7.34. The van der Waals surface area contributed by atoms with E-state index in [9.17, 15) is 9.59 Å². The third kappa shape index (κ3) is 5.79. The first-order chi connectivity index (χ1) is 11.1. The molecule has 5 heteroatoms. The van der Waals surface area contributed by atoms with E-state index in [0.717, 1.165) is 45.4 Å². The maximum atomic E-state index is 12.7. The molecule has 0 aromatic rings. The van der Waals surface area contributed by atoms with E-state index < -0.39 is 0 Å². The number of hydrogen-bond donors (Lipinski definition) is 1. The minimum absolute atomic E-state index is 0.0281. The summed E-state index contributed by atoms with van der Waals surface area (Å²) in [5, 5.41) is 2.93. The number of piperazine rings is 1. The van der Waals surface area contributed by atoms with Crippen LogP contribution in [0.3, 0.4) is 0 Å². The fourth-order valence-corrected chi connectivity index (χ4v) is 3.47. The quantitative estimate of drug-likeness (QED) is 0.842. The number of nitrogens with one attached hydrogen (secondary N) is 1. The molecule has 23 heavy (non-hydrogen) atoms. The van der Waals surface area contributed by atoms with Gasteiger partial charge in [-0.2, -0.15) is 0 Å². The van der Waals surface area contributed by atoms with E-state index in [0.29, 0.717) is 18.9 Å². The summed E-state index contributed by atoms with van der Waals surface area (Å²) in [6, 6.07) is -0.277. The van der Waals surface area contributed by atoms with Crippen molar-refractivity contribution in [2.45, 2.75) is 64.8 Å². The van der Waals surface area contributed by atoms with E-state index in [1.54, 1.807) is 0 Å². The van der Waals surface area contributed by atoms with Crippen molar-refractivity contribution >= 4 is 11.8 Å². The maximum absolute atomic E-state index is 12.7. The molecule has 0 aromatic heterocycles. The second-order valence-corrected chi connectivity index (χ2v) is 7.38. The van der Waals surface area contributed by atoms with Crippen molar-refractivity contribution in [2.24, 2.45) is 5.92 Å². The van der Waals surface area contributed by atoms with Gasteiger partial charge in [-0.15, -0.1) is 0 Å². The van der Waals surface area contributed by atoms with Crippen LogP contribution in [0.1, 0.15) is 58.8 Å². The molecule has 1 atom stereocenters. The fourth-order valence-electron chi connectivity index (χ4n) is 3.47. The van der Waals surface area contributed by atoms with Crippen molar-refractivity contribution in [1.29, 1.82) is 0 Å². The van der Waals surface area contributed by atoms with Crippen LogP contribution in [0.2, 0.25) is 0 Å². The van der Waals surface area contributed by atoms with Gasteiger partial charge in [0.05, 0.1) is 12.5 Å². The van der Waals surface area contributed by atoms with E-state index in [1.165, 1.54) is 19.3 Å². The lowest BCUT2D eigenvalue weighted by Crippen LogP contribution is -2.57. The Morgan fingerprint density at radius 2 is 1.78 bits per heavy atom. The number of hydrogen-bond acceptors (Lipinski definition) is 3. The summed E-state index contributed by atoms with van der Waals surface area (Å²) in [6.07, 6.45) is 7.32. The molecule has 2 saturated heterocycles. The third-order valence-corrected chi connectivity index (χ3v) is 5.01. The number of carbonyl (C=O) groups excluding carboxylic acids is 2. The molecule has 0 saturated carbocycles. The van der Waals surface area contributed by atoms with Crippen LogP contribution < -0.4 is 5.32 Å². The van der Waals surface area contributed by atoms with Gasteiger partial charge in [0.15, 0.2) is 0 Å². The van der Waals surface area contributed by atoms with E-state index in [4.69, 9.17) is 0 Å². The second kappa shape index (κ2) is 9.26. The van der Waals surface area contributed by atoms with Gasteiger partial charge in [0.1, 0.15) is 0 Å². The van der Waals surface area contributed by atoms with E-state index >= 15 is 0 Å². The molecule has 132 valence electrons. The van der Waals surface area contributed by atoms with Crippen molar-refractivity contribution in [3.63, 3.8) is 0 Å². The highest BCUT2D eigenvalue weighted by Crippen LogP contribution is 2.16. The molecular formula is C18H33N3O2. The molecule has 1 unspecified atom stereocenters. The average molecular weight is 323 g/mol. The Balaban J connectivity index is 1.92. The zero-order valence-corrected chi connectivity index (χ0v) is 14.9. The van der Waals surface area contributed by atoms with Gasteiger partial charge in [0, 0.05) is 26.2 Å². The van der Waals surface area contributed by atoms with Gasteiger partial charge < -0.3 is 10.2 Å². The van der Waals surface area contributed by atoms with Crippen LogP contribution >= 0.6 is 0 Å². The van der Waals surface area contributed by atoms with Gasteiger partial charge in [-0.1, -0.05) is 33.1 Å². The van der Waals surface area contributed by atoms with Crippen molar-refractivity contribution in [1.82, 2.24) is 15.1 Å². The highest BCUT2D eigenvalue weighted by atomic mass is 16.2. The lowest BCUT2D eigenvalue weighted by Gasteiger charge is -2.36. The third-order valence-electron chi connectivity index (χ3n) is 5.01. The number of amides is 2. The number of carbonyl (C=O) groups is 2. The highest BCUT2D eigenvalue weighted by molar-refractivity contribution is 5.88. The molecule has 0 bridgehead atoms. The molecule has 2 heterocycles. The van der Waals surface area contributed by atoms with E-state index in [1.807, 2.05) is 4.90 Å². The average Bonchev–Trinajstić information content (AvgIpc) is 2.47. The van der Waals surface area contributed by atoms with Crippen molar-refractivity contribution < 1.29 is 9.59 Å². The normalized spacial score (nSPS) is 24.2. The van der Waals surface area contributed by atoms with Crippen LogP contribution in [0.4, 0.5) is 0 Å². The molecule has 0 radical (unpaired) electrons. The Morgan fingerprint density at radius 3 is 2.43 bits per heavy atom. The predicted molar refractivity (Wildman–Crippen MR) is 92.1 cm³/mol. The second-order valence-electron chi connectivity index (χ2n) is 7.38. The van der Waals surface area contributed by atoms with Crippen LogP contribution in [0, 0.1) is 5.92 Å². The van der Waals surface area contributed by atoms with Crippen molar-refractivity contribution in [2.75, 3.05) is 32.7 Å². The number of rotatable bonds is 5. The van der Waals surface area contributed by atoms with Crippen LogP contribution in [0.5, 0.6) is 0 Å². The van der Waals surface area contributed by atoms with Gasteiger partial charge in [-0.3, -0.25) is 14.5 Å². The molecule has 2 rings (SSSR count). The van der Waals surface area contributed by atoms with Gasteiger partial charge in [0.25, 0.3) is 0 Å². The van der Waals surface area contributed by atoms with Crippen LogP contribution in [-0.4, -0.2) is 60.4 Å². The standard InChI is InChI=1S/C18H33N3O2/c1-15(2)8-12-20-13-9-19-18(23)16(20)14-17(22)21-10-6-4-3-5-7-11-21/h15-16H,3-14H2,1-2H3,(H,19,23). The Hall–Kier alpha value is -1.10. The van der Waals surface area contributed by atoms with Crippen LogP contribution in [0.25, 0.3) is 0 Å². The summed E-state index contributed by atoms with van der Waals surface area (Å²) in [7, 11) is 0. The topological polar surface area (TPSA) is 52.7 Å². The van der Waals surface area contributed by atoms with Crippen molar-refractivity contribution in [3.05, 3.63) is 0 Å². The van der Waals surface area contributed by atoms with E-state index in [2.05, 4.69) is 24.1 Å².